The molecule has 0 saturated carbocycles. The number of hydrogen-bond acceptors (Lipinski definition) is 10. The predicted octanol–water partition coefficient (Wildman–Crippen LogP) is 3.88. The van der Waals surface area contributed by atoms with Crippen molar-refractivity contribution in [3.63, 3.8) is 0 Å². The van der Waals surface area contributed by atoms with Gasteiger partial charge in [-0.3, -0.25) is 0 Å². The van der Waals surface area contributed by atoms with E-state index in [0.717, 1.165) is 35.7 Å². The largest absolute Gasteiger partial charge is 0.458 e. The van der Waals surface area contributed by atoms with Crippen molar-refractivity contribution in [2.75, 3.05) is 18.9 Å². The maximum Gasteiger partial charge on any atom is 0.407 e. The first-order valence-corrected chi connectivity index (χ1v) is 18.6. The highest BCUT2D eigenvalue weighted by molar-refractivity contribution is 7.92. The Morgan fingerprint density at radius 2 is 1.59 bits per heavy atom. The van der Waals surface area contributed by atoms with E-state index in [1.165, 1.54) is 0 Å². The smallest absolute Gasteiger partial charge is 0.407 e. The molecule has 2 aromatic rings. The van der Waals surface area contributed by atoms with Crippen molar-refractivity contribution < 1.29 is 41.1 Å². The van der Waals surface area contributed by atoms with Crippen LogP contribution in [0.5, 0.6) is 0 Å². The number of amides is 1. The lowest BCUT2D eigenvalue weighted by atomic mass is 10.0. The van der Waals surface area contributed by atoms with Crippen molar-refractivity contribution in [1.82, 2.24) is 10.6 Å². The number of alkyl carbamates (subject to hydrolysis) is 1. The molecule has 11 nitrogen and oxygen atoms in total. The van der Waals surface area contributed by atoms with Crippen LogP contribution in [-0.4, -0.2) is 75.2 Å². The van der Waals surface area contributed by atoms with Gasteiger partial charge in [-0.25, -0.2) is 26.8 Å². The van der Waals surface area contributed by atoms with Gasteiger partial charge >= 0.3 is 12.1 Å². The quantitative estimate of drug-likeness (QED) is 0.0977. The lowest BCUT2D eigenvalue weighted by Crippen LogP contribution is -2.52. The highest BCUT2D eigenvalue weighted by Crippen LogP contribution is 2.18. The first-order chi connectivity index (χ1) is 23.3. The van der Waals surface area contributed by atoms with Gasteiger partial charge in [0.25, 0.3) is 0 Å². The van der Waals surface area contributed by atoms with Crippen molar-refractivity contribution >= 4 is 28.2 Å². The van der Waals surface area contributed by atoms with E-state index in [2.05, 4.69) is 10.6 Å². The first-order valence-electron chi connectivity index (χ1n) is 16.8. The summed E-state index contributed by atoms with van der Waals surface area (Å²) in [6.45, 7) is 5.86. The molecule has 0 radical (unpaired) electrons. The Bertz CT molecular complexity index is 1420. The summed E-state index contributed by atoms with van der Waals surface area (Å²) < 4.78 is 65.9. The van der Waals surface area contributed by atoms with Crippen LogP contribution in [0.4, 0.5) is 13.6 Å². The minimum Gasteiger partial charge on any atom is -0.458 e. The first kappa shape index (κ1) is 41.7. The molecular formula is C35H52F2N4O7S. The third kappa shape index (κ3) is 15.3. The van der Waals surface area contributed by atoms with Crippen LogP contribution in [0.25, 0.3) is 0 Å². The average Bonchev–Trinajstić information content (AvgIpc) is 3.04. The monoisotopic (exact) mass is 710 g/mol. The summed E-state index contributed by atoms with van der Waals surface area (Å²) in [7, 11) is -3.92. The van der Waals surface area contributed by atoms with E-state index in [1.54, 1.807) is 0 Å². The van der Waals surface area contributed by atoms with Gasteiger partial charge in [-0.15, -0.1) is 0 Å². The topological polar surface area (TPSA) is 180 Å². The molecule has 0 heterocycles. The normalized spacial score (nSPS) is 14.1. The van der Waals surface area contributed by atoms with E-state index in [1.807, 2.05) is 45.0 Å². The number of carbonyl (C=O) groups excluding carboxylic acids is 3. The molecular weight excluding hydrogens is 658 g/mol. The highest BCUT2D eigenvalue weighted by atomic mass is 32.2. The van der Waals surface area contributed by atoms with Crippen molar-refractivity contribution in [3.8, 4) is 0 Å². The fourth-order valence-corrected chi connectivity index (χ4v) is 7.52. The molecule has 0 aliphatic rings. The fraction of sp³-hybridized carbons (Fsp3) is 0.571. The Labute approximate surface area is 288 Å². The number of sulfone groups is 1. The predicted molar refractivity (Wildman–Crippen MR) is 184 cm³/mol. The zero-order valence-corrected chi connectivity index (χ0v) is 29.5. The van der Waals surface area contributed by atoms with Crippen molar-refractivity contribution in [2.45, 2.75) is 108 Å². The SMILES string of the molecule is CCCC(CCC)S(=O)(=O)CC(NC(=O)OC[C@@H](N)CCC=O)C(=O)O[C@H](CNCc1cccc(CC)c1)[C@@H](N)Cc1cc(F)cc(F)c1. The molecule has 0 fully saturated rings. The van der Waals surface area contributed by atoms with Gasteiger partial charge in [-0.05, 0) is 60.9 Å². The molecule has 0 aliphatic carbocycles. The maximum absolute atomic E-state index is 14.0. The molecule has 2 aromatic carbocycles. The Balaban J connectivity index is 2.34. The fourth-order valence-electron chi connectivity index (χ4n) is 5.38. The lowest BCUT2D eigenvalue weighted by Gasteiger charge is -2.28. The van der Waals surface area contributed by atoms with E-state index in [0.29, 0.717) is 38.5 Å². The highest BCUT2D eigenvalue weighted by Gasteiger charge is 2.35. The second-order valence-electron chi connectivity index (χ2n) is 12.3. The van der Waals surface area contributed by atoms with E-state index in [4.69, 9.17) is 20.9 Å². The van der Waals surface area contributed by atoms with Crippen molar-refractivity contribution in [2.24, 2.45) is 11.5 Å². The molecule has 14 heteroatoms. The lowest BCUT2D eigenvalue weighted by molar-refractivity contribution is -0.151. The summed E-state index contributed by atoms with van der Waals surface area (Å²) in [6.07, 6.45) is 1.61. The number of aryl methyl sites for hydroxylation is 1. The van der Waals surface area contributed by atoms with Crippen molar-refractivity contribution in [1.29, 1.82) is 0 Å². The molecule has 0 bridgehead atoms. The van der Waals surface area contributed by atoms with Gasteiger partial charge in [0.15, 0.2) is 9.84 Å². The van der Waals surface area contributed by atoms with Crippen LogP contribution in [0.2, 0.25) is 0 Å². The van der Waals surface area contributed by atoms with E-state index >= 15 is 0 Å². The summed E-state index contributed by atoms with van der Waals surface area (Å²) in [6, 6.07) is 7.55. The van der Waals surface area contributed by atoms with Crippen LogP contribution in [0.15, 0.2) is 42.5 Å². The van der Waals surface area contributed by atoms with Crippen molar-refractivity contribution in [3.05, 3.63) is 70.8 Å². The second kappa shape index (κ2) is 21.6. The molecule has 0 aromatic heterocycles. The molecule has 274 valence electrons. The summed E-state index contributed by atoms with van der Waals surface area (Å²) in [4.78, 5) is 37.2. The number of ether oxygens (including phenoxy) is 2. The number of benzene rings is 2. The Morgan fingerprint density at radius 3 is 2.20 bits per heavy atom. The molecule has 0 spiro atoms. The maximum atomic E-state index is 14.0. The molecule has 4 atom stereocenters. The van der Waals surface area contributed by atoms with Crippen LogP contribution in [0.1, 0.15) is 76.0 Å². The summed E-state index contributed by atoms with van der Waals surface area (Å²) in [5, 5.41) is 4.79. The van der Waals surface area contributed by atoms with Gasteiger partial charge in [0.05, 0.1) is 11.0 Å². The summed E-state index contributed by atoms with van der Waals surface area (Å²) in [5.41, 5.74) is 14.7. The van der Waals surface area contributed by atoms with E-state index in [9.17, 15) is 31.6 Å². The molecule has 0 aliphatic heterocycles. The van der Waals surface area contributed by atoms with Crippen LogP contribution in [0, 0.1) is 11.6 Å². The van der Waals surface area contributed by atoms with Gasteiger partial charge in [0.2, 0.25) is 0 Å². The minimum absolute atomic E-state index is 0.00482. The van der Waals surface area contributed by atoms with Crippen LogP contribution in [0.3, 0.4) is 0 Å². The molecule has 2 rings (SSSR count). The number of esters is 1. The zero-order chi connectivity index (χ0) is 36.4. The number of nitrogens with one attached hydrogen (secondary N) is 2. The Kier molecular flexibility index (Phi) is 18.4. The Morgan fingerprint density at radius 1 is 0.939 bits per heavy atom. The standard InChI is InChI=1S/C35H52F2N4O7S/c1-4-9-30(10-5-2)49(45,46)23-32(41-35(44)47-22-29(38)13-8-14-42)34(43)48-33(21-40-20-25-12-7-11-24(6-3)15-25)31(39)18-26-16-27(36)19-28(37)17-26/h7,11-12,14-17,19,29-33,40H,4-6,8-10,13,18,20-23,38-39H2,1-3H3,(H,41,44)/t29-,31-,32?,33+/m0/s1. The van der Waals surface area contributed by atoms with Gasteiger partial charge in [0, 0.05) is 37.7 Å². The third-order valence-corrected chi connectivity index (χ3v) is 10.3. The third-order valence-electron chi connectivity index (χ3n) is 8.00. The molecule has 0 saturated heterocycles. The van der Waals surface area contributed by atoms with Gasteiger partial charge in [0.1, 0.15) is 36.7 Å². The molecule has 1 unspecified atom stereocenters. The average molecular weight is 711 g/mol. The van der Waals surface area contributed by atoms with Crippen LogP contribution >= 0.6 is 0 Å². The summed E-state index contributed by atoms with van der Waals surface area (Å²) >= 11 is 0. The van der Waals surface area contributed by atoms with E-state index in [-0.39, 0.29) is 38.0 Å². The van der Waals surface area contributed by atoms with E-state index < -0.39 is 68.8 Å². The second-order valence-corrected chi connectivity index (χ2v) is 14.6. The van der Waals surface area contributed by atoms with Crippen LogP contribution in [-0.2, 0) is 48.3 Å². The summed E-state index contributed by atoms with van der Waals surface area (Å²) in [5.74, 6) is -3.41. The number of nitrogens with two attached hydrogens (primary N) is 2. The zero-order valence-electron chi connectivity index (χ0n) is 28.7. The molecule has 49 heavy (non-hydrogen) atoms. The number of rotatable bonds is 23. The number of hydrogen-bond donors (Lipinski definition) is 4. The van der Waals surface area contributed by atoms with Crippen LogP contribution < -0.4 is 22.1 Å². The molecule has 1 amide bonds. The Hall–Kier alpha value is -3.46. The van der Waals surface area contributed by atoms with Gasteiger partial charge < -0.3 is 36.4 Å². The number of carbonyl (C=O) groups is 3. The van der Waals surface area contributed by atoms with Gasteiger partial charge in [-0.2, -0.15) is 0 Å². The number of aldehydes is 1. The number of halogens is 2. The van der Waals surface area contributed by atoms with Gasteiger partial charge in [-0.1, -0.05) is 57.9 Å². The molecule has 6 N–H and O–H groups in total. The minimum atomic E-state index is -3.92.